The van der Waals surface area contributed by atoms with Crippen LogP contribution in [0.2, 0.25) is 0 Å². The van der Waals surface area contributed by atoms with Crippen LogP contribution in [0.4, 0.5) is 0 Å². The molecule has 1 unspecified atom stereocenters. The van der Waals surface area contributed by atoms with Crippen molar-refractivity contribution < 1.29 is 9.47 Å². The van der Waals surface area contributed by atoms with E-state index in [4.69, 9.17) is 9.47 Å². The molecule has 112 valence electrons. The smallest absolute Gasteiger partial charge is 0.123 e. The van der Waals surface area contributed by atoms with Gasteiger partial charge in [-0.2, -0.15) is 0 Å². The summed E-state index contributed by atoms with van der Waals surface area (Å²) in [7, 11) is 2.12. The van der Waals surface area contributed by atoms with Crippen molar-refractivity contribution in [3.63, 3.8) is 0 Å². The van der Waals surface area contributed by atoms with Crippen LogP contribution in [0.25, 0.3) is 0 Å². The van der Waals surface area contributed by atoms with Gasteiger partial charge in [0.2, 0.25) is 0 Å². The Morgan fingerprint density at radius 1 is 1.45 bits per heavy atom. The molecule has 0 aliphatic carbocycles. The first-order valence-corrected chi connectivity index (χ1v) is 7.42. The number of hydrogen-bond donors (Lipinski definition) is 1. The Bertz CT molecular complexity index is 423. The van der Waals surface area contributed by atoms with E-state index in [0.29, 0.717) is 6.61 Å². The van der Waals surface area contributed by atoms with Crippen molar-refractivity contribution in [2.45, 2.75) is 26.5 Å². The molecule has 0 bridgehead atoms. The molecule has 1 saturated heterocycles. The van der Waals surface area contributed by atoms with E-state index in [-0.39, 0.29) is 6.10 Å². The van der Waals surface area contributed by atoms with Crippen LogP contribution < -0.4 is 10.1 Å². The molecule has 0 aromatic heterocycles. The molecule has 0 saturated carbocycles. The lowest BCUT2D eigenvalue weighted by atomic mass is 10.1. The van der Waals surface area contributed by atoms with Gasteiger partial charge < -0.3 is 19.7 Å². The first-order valence-electron chi connectivity index (χ1n) is 7.42. The third kappa shape index (κ3) is 4.47. The van der Waals surface area contributed by atoms with Gasteiger partial charge in [-0.05, 0) is 26.6 Å². The van der Waals surface area contributed by atoms with E-state index in [1.165, 1.54) is 11.1 Å². The number of rotatable bonds is 6. The summed E-state index contributed by atoms with van der Waals surface area (Å²) in [6.45, 7) is 9.39. The summed E-state index contributed by atoms with van der Waals surface area (Å²) in [6, 6.07) is 6.35. The minimum absolute atomic E-state index is 0.169. The fourth-order valence-electron chi connectivity index (χ4n) is 2.40. The van der Waals surface area contributed by atoms with Crippen LogP contribution in [0.15, 0.2) is 18.2 Å². The Morgan fingerprint density at radius 3 is 3.05 bits per heavy atom. The fourth-order valence-corrected chi connectivity index (χ4v) is 2.40. The van der Waals surface area contributed by atoms with Gasteiger partial charge in [-0.3, -0.25) is 0 Å². The predicted molar refractivity (Wildman–Crippen MR) is 81.3 cm³/mol. The molecular weight excluding hydrogens is 252 g/mol. The van der Waals surface area contributed by atoms with Crippen molar-refractivity contribution in [1.82, 2.24) is 10.2 Å². The van der Waals surface area contributed by atoms with E-state index in [0.717, 1.165) is 38.5 Å². The van der Waals surface area contributed by atoms with Crippen molar-refractivity contribution in [2.24, 2.45) is 0 Å². The van der Waals surface area contributed by atoms with Crippen LogP contribution in [0.1, 0.15) is 18.1 Å². The molecule has 0 amide bonds. The van der Waals surface area contributed by atoms with E-state index in [9.17, 15) is 0 Å². The van der Waals surface area contributed by atoms with Gasteiger partial charge >= 0.3 is 0 Å². The molecule has 2 rings (SSSR count). The number of morpholine rings is 1. The van der Waals surface area contributed by atoms with Gasteiger partial charge in [-0.15, -0.1) is 0 Å². The largest absolute Gasteiger partial charge is 0.490 e. The van der Waals surface area contributed by atoms with Crippen LogP contribution in [0.3, 0.4) is 0 Å². The lowest BCUT2D eigenvalue weighted by Gasteiger charge is -2.30. The average molecular weight is 278 g/mol. The predicted octanol–water partition coefficient (Wildman–Crippen LogP) is 1.81. The number of nitrogens with one attached hydrogen (secondary N) is 1. The molecule has 1 aromatic rings. The zero-order valence-electron chi connectivity index (χ0n) is 12.8. The summed E-state index contributed by atoms with van der Waals surface area (Å²) >= 11 is 0. The van der Waals surface area contributed by atoms with Gasteiger partial charge in [0.05, 0.1) is 6.61 Å². The summed E-state index contributed by atoms with van der Waals surface area (Å²) in [5.41, 5.74) is 2.48. The highest BCUT2D eigenvalue weighted by Gasteiger charge is 2.18. The molecule has 1 aromatic carbocycles. The SMILES string of the molecule is CCNCc1cc(C)ccc1OCC1CN(C)CCO1. The van der Waals surface area contributed by atoms with Crippen molar-refractivity contribution in [3.05, 3.63) is 29.3 Å². The van der Waals surface area contributed by atoms with Crippen LogP contribution in [-0.2, 0) is 11.3 Å². The van der Waals surface area contributed by atoms with Gasteiger partial charge in [0.25, 0.3) is 0 Å². The number of nitrogens with zero attached hydrogens (tertiary/aromatic N) is 1. The third-order valence-electron chi connectivity index (χ3n) is 3.55. The number of hydrogen-bond acceptors (Lipinski definition) is 4. The lowest BCUT2D eigenvalue weighted by molar-refractivity contribution is -0.0404. The Balaban J connectivity index is 1.93. The minimum Gasteiger partial charge on any atom is -0.490 e. The Kier molecular flexibility index (Phi) is 5.83. The quantitative estimate of drug-likeness (QED) is 0.860. The summed E-state index contributed by atoms with van der Waals surface area (Å²) in [4.78, 5) is 2.28. The van der Waals surface area contributed by atoms with Crippen LogP contribution in [0, 0.1) is 6.92 Å². The van der Waals surface area contributed by atoms with Gasteiger partial charge in [0.1, 0.15) is 18.5 Å². The normalized spacial score (nSPS) is 20.1. The maximum Gasteiger partial charge on any atom is 0.123 e. The maximum atomic E-state index is 5.99. The highest BCUT2D eigenvalue weighted by molar-refractivity contribution is 5.36. The van der Waals surface area contributed by atoms with Crippen LogP contribution in [0.5, 0.6) is 5.75 Å². The lowest BCUT2D eigenvalue weighted by Crippen LogP contribution is -2.42. The molecule has 1 aliphatic heterocycles. The molecule has 4 nitrogen and oxygen atoms in total. The van der Waals surface area contributed by atoms with Crippen molar-refractivity contribution in [2.75, 3.05) is 39.9 Å². The van der Waals surface area contributed by atoms with Crippen LogP contribution in [-0.4, -0.2) is 50.9 Å². The van der Waals surface area contributed by atoms with E-state index in [1.54, 1.807) is 0 Å². The Morgan fingerprint density at radius 2 is 2.30 bits per heavy atom. The van der Waals surface area contributed by atoms with E-state index >= 15 is 0 Å². The summed E-state index contributed by atoms with van der Waals surface area (Å²) in [5, 5.41) is 3.36. The molecule has 1 N–H and O–H groups in total. The van der Waals surface area contributed by atoms with Gasteiger partial charge in [0, 0.05) is 25.2 Å². The number of aryl methyl sites for hydroxylation is 1. The van der Waals surface area contributed by atoms with E-state index in [1.807, 2.05) is 0 Å². The molecule has 20 heavy (non-hydrogen) atoms. The molecule has 0 radical (unpaired) electrons. The van der Waals surface area contributed by atoms with Gasteiger partial charge in [0.15, 0.2) is 0 Å². The molecule has 1 fully saturated rings. The monoisotopic (exact) mass is 278 g/mol. The highest BCUT2D eigenvalue weighted by Crippen LogP contribution is 2.20. The molecular formula is C16H26N2O2. The fraction of sp³-hybridized carbons (Fsp3) is 0.625. The summed E-state index contributed by atoms with van der Waals surface area (Å²) in [6.07, 6.45) is 0.169. The van der Waals surface area contributed by atoms with Crippen molar-refractivity contribution in [1.29, 1.82) is 0 Å². The first-order chi connectivity index (χ1) is 9.69. The number of likely N-dealkylation sites (N-methyl/N-ethyl adjacent to an activating group) is 1. The molecule has 1 aliphatic rings. The molecule has 4 heteroatoms. The Hall–Kier alpha value is -1.10. The van der Waals surface area contributed by atoms with E-state index < -0.39 is 0 Å². The third-order valence-corrected chi connectivity index (χ3v) is 3.55. The van der Waals surface area contributed by atoms with Crippen molar-refractivity contribution in [3.8, 4) is 5.75 Å². The average Bonchev–Trinajstić information content (AvgIpc) is 2.44. The summed E-state index contributed by atoms with van der Waals surface area (Å²) in [5.74, 6) is 0.966. The topological polar surface area (TPSA) is 33.7 Å². The second-order valence-corrected chi connectivity index (χ2v) is 5.46. The number of benzene rings is 1. The summed E-state index contributed by atoms with van der Waals surface area (Å²) < 4.78 is 11.7. The van der Waals surface area contributed by atoms with Crippen molar-refractivity contribution >= 4 is 0 Å². The standard InChI is InChI=1S/C16H26N2O2/c1-4-17-10-14-9-13(2)5-6-16(14)20-12-15-11-18(3)7-8-19-15/h5-6,9,15,17H,4,7-8,10-12H2,1-3H3. The Labute approximate surface area is 122 Å². The molecule has 0 spiro atoms. The molecule has 1 heterocycles. The highest BCUT2D eigenvalue weighted by atomic mass is 16.5. The van der Waals surface area contributed by atoms with Gasteiger partial charge in [-0.25, -0.2) is 0 Å². The first kappa shape index (κ1) is 15.3. The maximum absolute atomic E-state index is 5.99. The van der Waals surface area contributed by atoms with E-state index in [2.05, 4.69) is 49.3 Å². The molecule has 1 atom stereocenters. The zero-order valence-corrected chi connectivity index (χ0v) is 12.8. The zero-order chi connectivity index (χ0) is 14.4. The van der Waals surface area contributed by atoms with Gasteiger partial charge in [-0.1, -0.05) is 24.6 Å². The second kappa shape index (κ2) is 7.62. The number of ether oxygens (including phenoxy) is 2. The minimum atomic E-state index is 0.169. The van der Waals surface area contributed by atoms with Crippen LogP contribution >= 0.6 is 0 Å². The second-order valence-electron chi connectivity index (χ2n) is 5.46.